The van der Waals surface area contributed by atoms with Crippen LogP contribution in [0.25, 0.3) is 0 Å². The standard InChI is InChI=1S/C13H19BrN2/c1-3-13(2)10-15-7-8-16(13)12-6-4-5-11(14)9-12/h4-6,9,15H,3,7-8,10H2,1-2H3. The predicted octanol–water partition coefficient (Wildman–Crippen LogP) is 3.03. The Bertz CT molecular complexity index is 367. The van der Waals surface area contributed by atoms with Crippen LogP contribution in [-0.2, 0) is 0 Å². The van der Waals surface area contributed by atoms with E-state index in [1.807, 2.05) is 0 Å². The summed E-state index contributed by atoms with van der Waals surface area (Å²) in [6.45, 7) is 7.82. The lowest BCUT2D eigenvalue weighted by molar-refractivity contribution is 0.342. The number of nitrogens with one attached hydrogen (secondary N) is 1. The second-order valence-corrected chi connectivity index (χ2v) is 5.57. The molecule has 1 unspecified atom stereocenters. The zero-order valence-corrected chi connectivity index (χ0v) is 11.5. The highest BCUT2D eigenvalue weighted by atomic mass is 79.9. The van der Waals surface area contributed by atoms with Gasteiger partial charge in [-0.2, -0.15) is 0 Å². The summed E-state index contributed by atoms with van der Waals surface area (Å²) in [6.07, 6.45) is 1.16. The molecule has 1 N–H and O–H groups in total. The first-order valence-corrected chi connectivity index (χ1v) is 6.69. The molecule has 3 heteroatoms. The fourth-order valence-corrected chi connectivity index (χ4v) is 2.70. The number of hydrogen-bond donors (Lipinski definition) is 1. The molecule has 0 aromatic heterocycles. The highest BCUT2D eigenvalue weighted by Gasteiger charge is 2.32. The van der Waals surface area contributed by atoms with Gasteiger partial charge in [-0.15, -0.1) is 0 Å². The highest BCUT2D eigenvalue weighted by molar-refractivity contribution is 9.10. The van der Waals surface area contributed by atoms with E-state index in [1.54, 1.807) is 0 Å². The van der Waals surface area contributed by atoms with E-state index in [2.05, 4.69) is 64.3 Å². The molecule has 1 aromatic rings. The van der Waals surface area contributed by atoms with Crippen LogP contribution in [0.4, 0.5) is 5.69 Å². The molecule has 1 aliphatic rings. The van der Waals surface area contributed by atoms with Crippen molar-refractivity contribution < 1.29 is 0 Å². The minimum Gasteiger partial charge on any atom is -0.364 e. The van der Waals surface area contributed by atoms with E-state index in [4.69, 9.17) is 0 Å². The molecule has 1 aromatic carbocycles. The lowest BCUT2D eigenvalue weighted by Crippen LogP contribution is -2.59. The molecule has 88 valence electrons. The highest BCUT2D eigenvalue weighted by Crippen LogP contribution is 2.29. The van der Waals surface area contributed by atoms with Gasteiger partial charge in [-0.25, -0.2) is 0 Å². The zero-order valence-electron chi connectivity index (χ0n) is 9.96. The molecule has 1 saturated heterocycles. The number of halogens is 1. The van der Waals surface area contributed by atoms with Crippen LogP contribution in [0, 0.1) is 0 Å². The minimum absolute atomic E-state index is 0.235. The van der Waals surface area contributed by atoms with E-state index >= 15 is 0 Å². The van der Waals surface area contributed by atoms with Crippen LogP contribution in [0.15, 0.2) is 28.7 Å². The molecule has 1 heterocycles. The lowest BCUT2D eigenvalue weighted by atomic mass is 9.93. The van der Waals surface area contributed by atoms with Crippen molar-refractivity contribution in [2.45, 2.75) is 25.8 Å². The Hall–Kier alpha value is -0.540. The molecule has 2 nitrogen and oxygen atoms in total. The molecular weight excluding hydrogens is 264 g/mol. The maximum absolute atomic E-state index is 3.55. The topological polar surface area (TPSA) is 15.3 Å². The Balaban J connectivity index is 2.30. The molecule has 0 spiro atoms. The summed E-state index contributed by atoms with van der Waals surface area (Å²) < 4.78 is 1.15. The summed E-state index contributed by atoms with van der Waals surface area (Å²) in [5.41, 5.74) is 1.55. The third-order valence-electron chi connectivity index (χ3n) is 3.55. The van der Waals surface area contributed by atoms with Gasteiger partial charge in [0.25, 0.3) is 0 Å². The van der Waals surface area contributed by atoms with Gasteiger partial charge in [0.1, 0.15) is 0 Å². The summed E-state index contributed by atoms with van der Waals surface area (Å²) in [6, 6.07) is 8.59. The van der Waals surface area contributed by atoms with Crippen molar-refractivity contribution in [3.8, 4) is 0 Å². The van der Waals surface area contributed by atoms with E-state index < -0.39 is 0 Å². The van der Waals surface area contributed by atoms with Gasteiger partial charge in [0.2, 0.25) is 0 Å². The van der Waals surface area contributed by atoms with Crippen LogP contribution < -0.4 is 10.2 Å². The van der Waals surface area contributed by atoms with Gasteiger partial charge in [-0.05, 0) is 31.5 Å². The van der Waals surface area contributed by atoms with Crippen molar-refractivity contribution in [2.24, 2.45) is 0 Å². The average Bonchev–Trinajstić information content (AvgIpc) is 2.29. The monoisotopic (exact) mass is 282 g/mol. The van der Waals surface area contributed by atoms with Crippen molar-refractivity contribution in [1.82, 2.24) is 5.32 Å². The Morgan fingerprint density at radius 1 is 1.50 bits per heavy atom. The SMILES string of the molecule is CCC1(C)CNCCN1c1cccc(Br)c1. The van der Waals surface area contributed by atoms with Crippen LogP contribution >= 0.6 is 15.9 Å². The summed E-state index contributed by atoms with van der Waals surface area (Å²) in [5, 5.41) is 3.49. The smallest absolute Gasteiger partial charge is 0.0496 e. The second-order valence-electron chi connectivity index (χ2n) is 4.66. The minimum atomic E-state index is 0.235. The second kappa shape index (κ2) is 4.76. The van der Waals surface area contributed by atoms with Gasteiger partial charge in [-0.1, -0.05) is 28.9 Å². The van der Waals surface area contributed by atoms with Crippen LogP contribution in [0.1, 0.15) is 20.3 Å². The van der Waals surface area contributed by atoms with Crippen LogP contribution in [0.3, 0.4) is 0 Å². The maximum atomic E-state index is 3.55. The molecule has 0 radical (unpaired) electrons. The summed E-state index contributed by atoms with van der Waals surface area (Å²) >= 11 is 3.55. The number of rotatable bonds is 2. The Morgan fingerprint density at radius 3 is 3.00 bits per heavy atom. The fourth-order valence-electron chi connectivity index (χ4n) is 2.31. The van der Waals surface area contributed by atoms with Crippen molar-refractivity contribution in [2.75, 3.05) is 24.5 Å². The predicted molar refractivity (Wildman–Crippen MR) is 73.1 cm³/mol. The van der Waals surface area contributed by atoms with Crippen molar-refractivity contribution in [1.29, 1.82) is 0 Å². The molecular formula is C13H19BrN2. The number of anilines is 1. The van der Waals surface area contributed by atoms with E-state index in [1.165, 1.54) is 5.69 Å². The average molecular weight is 283 g/mol. The van der Waals surface area contributed by atoms with E-state index in [9.17, 15) is 0 Å². The lowest BCUT2D eigenvalue weighted by Gasteiger charge is -2.46. The first-order chi connectivity index (χ1) is 7.65. The molecule has 1 fully saturated rings. The molecule has 2 rings (SSSR count). The molecule has 0 saturated carbocycles. The molecule has 0 amide bonds. The normalized spacial score (nSPS) is 25.8. The Labute approximate surface area is 106 Å². The van der Waals surface area contributed by atoms with Crippen molar-refractivity contribution in [3.05, 3.63) is 28.7 Å². The molecule has 1 aliphatic heterocycles. The van der Waals surface area contributed by atoms with Crippen LogP contribution in [0.2, 0.25) is 0 Å². The number of hydrogen-bond acceptors (Lipinski definition) is 2. The molecule has 16 heavy (non-hydrogen) atoms. The molecule has 0 bridgehead atoms. The van der Waals surface area contributed by atoms with Gasteiger partial charge in [-0.3, -0.25) is 0 Å². The van der Waals surface area contributed by atoms with Crippen LogP contribution in [0.5, 0.6) is 0 Å². The summed E-state index contributed by atoms with van der Waals surface area (Å²) in [5.74, 6) is 0. The first kappa shape index (κ1) is 11.9. The number of piperazine rings is 1. The molecule has 1 atom stereocenters. The molecule has 0 aliphatic carbocycles. The fraction of sp³-hybridized carbons (Fsp3) is 0.538. The maximum Gasteiger partial charge on any atom is 0.0496 e. The third kappa shape index (κ3) is 2.25. The van der Waals surface area contributed by atoms with E-state index in [-0.39, 0.29) is 5.54 Å². The largest absolute Gasteiger partial charge is 0.364 e. The number of nitrogens with zero attached hydrogens (tertiary/aromatic N) is 1. The van der Waals surface area contributed by atoms with Crippen molar-refractivity contribution in [3.63, 3.8) is 0 Å². The van der Waals surface area contributed by atoms with Crippen molar-refractivity contribution >= 4 is 21.6 Å². The van der Waals surface area contributed by atoms with Gasteiger partial charge in [0, 0.05) is 35.3 Å². The van der Waals surface area contributed by atoms with Gasteiger partial charge < -0.3 is 10.2 Å². The quantitative estimate of drug-likeness (QED) is 0.897. The zero-order chi connectivity index (χ0) is 11.6. The summed E-state index contributed by atoms with van der Waals surface area (Å²) in [7, 11) is 0. The third-order valence-corrected chi connectivity index (χ3v) is 4.04. The first-order valence-electron chi connectivity index (χ1n) is 5.90. The van der Waals surface area contributed by atoms with Gasteiger partial charge in [0.15, 0.2) is 0 Å². The van der Waals surface area contributed by atoms with E-state index in [0.717, 1.165) is 30.5 Å². The Morgan fingerprint density at radius 2 is 2.31 bits per heavy atom. The van der Waals surface area contributed by atoms with E-state index in [0.29, 0.717) is 0 Å². The van der Waals surface area contributed by atoms with Crippen LogP contribution in [-0.4, -0.2) is 25.2 Å². The Kier molecular flexibility index (Phi) is 3.55. The van der Waals surface area contributed by atoms with Gasteiger partial charge in [0.05, 0.1) is 0 Å². The summed E-state index contributed by atoms with van der Waals surface area (Å²) in [4.78, 5) is 2.52. The van der Waals surface area contributed by atoms with Gasteiger partial charge >= 0.3 is 0 Å². The number of benzene rings is 1.